The predicted octanol–water partition coefficient (Wildman–Crippen LogP) is 4.04. The number of amides is 1. The van der Waals surface area contributed by atoms with Gasteiger partial charge in [-0.2, -0.15) is 5.10 Å². The van der Waals surface area contributed by atoms with Gasteiger partial charge in [0.05, 0.1) is 11.4 Å². The van der Waals surface area contributed by atoms with Crippen LogP contribution in [0.5, 0.6) is 0 Å². The van der Waals surface area contributed by atoms with Crippen LogP contribution in [0.15, 0.2) is 53.3 Å². The summed E-state index contributed by atoms with van der Waals surface area (Å²) in [6.45, 7) is 6.22. The number of fused-ring (bicyclic) bond motifs is 1. The maximum absolute atomic E-state index is 13.8. The third-order valence-corrected chi connectivity index (χ3v) is 6.01. The first-order valence-electron chi connectivity index (χ1n) is 10.9. The van der Waals surface area contributed by atoms with Gasteiger partial charge in [0.25, 0.3) is 5.56 Å². The predicted molar refractivity (Wildman–Crippen MR) is 127 cm³/mol. The van der Waals surface area contributed by atoms with Crippen molar-refractivity contribution in [2.24, 2.45) is 7.05 Å². The SMILES string of the molecule is Cc1ccc(CNC(=O)CCc2c(C)c3c(C)nn(-c4cccc(F)c4)c3n(C)c2=O)cc1. The van der Waals surface area contributed by atoms with Crippen molar-refractivity contribution in [3.8, 4) is 5.69 Å². The molecule has 0 spiro atoms. The molecule has 0 fully saturated rings. The summed E-state index contributed by atoms with van der Waals surface area (Å²) in [6.07, 6.45) is 0.545. The van der Waals surface area contributed by atoms with Gasteiger partial charge in [-0.1, -0.05) is 35.9 Å². The van der Waals surface area contributed by atoms with Crippen LogP contribution in [-0.4, -0.2) is 20.3 Å². The van der Waals surface area contributed by atoms with Crippen molar-refractivity contribution >= 4 is 16.9 Å². The molecule has 0 atom stereocenters. The highest BCUT2D eigenvalue weighted by atomic mass is 19.1. The smallest absolute Gasteiger partial charge is 0.255 e. The lowest BCUT2D eigenvalue weighted by atomic mass is 10.0. The minimum atomic E-state index is -0.371. The fourth-order valence-corrected chi connectivity index (χ4v) is 4.19. The van der Waals surface area contributed by atoms with Crippen LogP contribution in [0.3, 0.4) is 0 Å². The summed E-state index contributed by atoms with van der Waals surface area (Å²) in [4.78, 5) is 25.6. The molecule has 1 N–H and O–H groups in total. The van der Waals surface area contributed by atoms with Crippen molar-refractivity contribution in [2.75, 3.05) is 0 Å². The Hall–Kier alpha value is -3.74. The summed E-state index contributed by atoms with van der Waals surface area (Å²) < 4.78 is 16.9. The van der Waals surface area contributed by atoms with Gasteiger partial charge in [0.1, 0.15) is 11.5 Å². The molecule has 0 saturated carbocycles. The lowest BCUT2D eigenvalue weighted by Gasteiger charge is -2.13. The molecular formula is C26H27FN4O2. The van der Waals surface area contributed by atoms with Crippen molar-refractivity contribution in [3.63, 3.8) is 0 Å². The number of hydrogen-bond donors (Lipinski definition) is 1. The highest BCUT2D eigenvalue weighted by Gasteiger charge is 2.20. The molecule has 2 aromatic heterocycles. The number of halogens is 1. The highest BCUT2D eigenvalue weighted by molar-refractivity contribution is 5.85. The first kappa shape index (κ1) is 22.5. The lowest BCUT2D eigenvalue weighted by Crippen LogP contribution is -2.27. The van der Waals surface area contributed by atoms with Crippen LogP contribution in [0.4, 0.5) is 4.39 Å². The van der Waals surface area contributed by atoms with Crippen LogP contribution < -0.4 is 10.9 Å². The van der Waals surface area contributed by atoms with Crippen molar-refractivity contribution in [1.82, 2.24) is 19.7 Å². The quantitative estimate of drug-likeness (QED) is 0.486. The Kier molecular flexibility index (Phi) is 6.14. The van der Waals surface area contributed by atoms with Gasteiger partial charge in [0.2, 0.25) is 5.91 Å². The normalized spacial score (nSPS) is 11.2. The first-order valence-corrected chi connectivity index (χ1v) is 10.9. The van der Waals surface area contributed by atoms with E-state index in [0.29, 0.717) is 29.9 Å². The molecule has 1 amide bonds. The van der Waals surface area contributed by atoms with E-state index >= 15 is 0 Å². The van der Waals surface area contributed by atoms with Crippen LogP contribution in [0.2, 0.25) is 0 Å². The Morgan fingerprint density at radius 2 is 1.82 bits per heavy atom. The van der Waals surface area contributed by atoms with Gasteiger partial charge in [-0.15, -0.1) is 0 Å². The second-order valence-corrected chi connectivity index (χ2v) is 8.41. The number of aromatic nitrogens is 3. The van der Waals surface area contributed by atoms with Crippen LogP contribution >= 0.6 is 0 Å². The number of pyridine rings is 1. The summed E-state index contributed by atoms with van der Waals surface area (Å²) in [5.74, 6) is -0.479. The van der Waals surface area contributed by atoms with E-state index in [1.54, 1.807) is 23.9 Å². The number of carbonyl (C=O) groups excluding carboxylic acids is 1. The molecule has 0 unspecified atom stereocenters. The Balaban J connectivity index is 1.60. The molecule has 0 aliphatic heterocycles. The first-order chi connectivity index (χ1) is 15.8. The summed E-state index contributed by atoms with van der Waals surface area (Å²) >= 11 is 0. The Morgan fingerprint density at radius 1 is 1.09 bits per heavy atom. The van der Waals surface area contributed by atoms with Gasteiger partial charge in [-0.05, 0) is 56.5 Å². The molecule has 0 saturated heterocycles. The summed E-state index contributed by atoms with van der Waals surface area (Å²) in [7, 11) is 1.68. The monoisotopic (exact) mass is 446 g/mol. The molecule has 0 bridgehead atoms. The van der Waals surface area contributed by atoms with Crippen LogP contribution in [0, 0.1) is 26.6 Å². The largest absolute Gasteiger partial charge is 0.352 e. The van der Waals surface area contributed by atoms with Gasteiger partial charge in [0, 0.05) is 31.0 Å². The maximum Gasteiger partial charge on any atom is 0.255 e. The second-order valence-electron chi connectivity index (χ2n) is 8.41. The maximum atomic E-state index is 13.8. The van der Waals surface area contributed by atoms with E-state index in [-0.39, 0.29) is 23.7 Å². The zero-order chi connectivity index (χ0) is 23.7. The number of rotatable bonds is 6. The topological polar surface area (TPSA) is 68.9 Å². The van der Waals surface area contributed by atoms with Gasteiger partial charge in [-0.3, -0.25) is 14.2 Å². The minimum absolute atomic E-state index is 0.107. The second kappa shape index (κ2) is 9.02. The molecule has 4 rings (SSSR count). The van der Waals surface area contributed by atoms with E-state index in [1.807, 2.05) is 45.0 Å². The molecule has 4 aromatic rings. The van der Waals surface area contributed by atoms with E-state index in [1.165, 1.54) is 22.3 Å². The molecule has 0 radical (unpaired) electrons. The fourth-order valence-electron chi connectivity index (χ4n) is 4.19. The zero-order valence-corrected chi connectivity index (χ0v) is 19.3. The van der Waals surface area contributed by atoms with Gasteiger partial charge < -0.3 is 5.32 Å². The molecule has 6 nitrogen and oxygen atoms in total. The van der Waals surface area contributed by atoms with E-state index in [0.717, 1.165) is 22.2 Å². The Morgan fingerprint density at radius 3 is 2.52 bits per heavy atom. The van der Waals surface area contributed by atoms with Crippen molar-refractivity contribution in [2.45, 2.75) is 40.2 Å². The molecule has 0 aliphatic carbocycles. The lowest BCUT2D eigenvalue weighted by molar-refractivity contribution is -0.121. The van der Waals surface area contributed by atoms with E-state index in [2.05, 4.69) is 10.4 Å². The highest BCUT2D eigenvalue weighted by Crippen LogP contribution is 2.26. The van der Waals surface area contributed by atoms with Crippen molar-refractivity contribution < 1.29 is 9.18 Å². The molecule has 170 valence electrons. The zero-order valence-electron chi connectivity index (χ0n) is 19.3. The fraction of sp³-hybridized carbons (Fsp3) is 0.269. The van der Waals surface area contributed by atoms with Crippen molar-refractivity contribution in [3.05, 3.63) is 92.6 Å². The number of aryl methyl sites for hydroxylation is 4. The van der Waals surface area contributed by atoms with E-state index in [4.69, 9.17) is 0 Å². The molecule has 2 heterocycles. The molecule has 33 heavy (non-hydrogen) atoms. The van der Waals surface area contributed by atoms with Gasteiger partial charge >= 0.3 is 0 Å². The third-order valence-electron chi connectivity index (χ3n) is 6.01. The number of carbonyl (C=O) groups is 1. The summed E-state index contributed by atoms with van der Waals surface area (Å²) in [6, 6.07) is 14.1. The standard InChI is InChI=1S/C26H27FN4O2/c1-16-8-10-19(11-9-16)15-28-23(32)13-12-22-17(2)24-18(3)29-31(25(24)30(4)26(22)33)21-7-5-6-20(27)14-21/h5-11,14H,12-13,15H2,1-4H3,(H,28,32). The molecule has 2 aromatic carbocycles. The summed E-state index contributed by atoms with van der Waals surface area (Å²) in [5, 5.41) is 8.35. The molecule has 7 heteroatoms. The van der Waals surface area contributed by atoms with Gasteiger partial charge in [0.15, 0.2) is 0 Å². The Labute approximate surface area is 191 Å². The number of nitrogens with one attached hydrogen (secondary N) is 1. The van der Waals surface area contributed by atoms with Gasteiger partial charge in [-0.25, -0.2) is 9.07 Å². The van der Waals surface area contributed by atoms with Crippen molar-refractivity contribution in [1.29, 1.82) is 0 Å². The molecular weight excluding hydrogens is 419 g/mol. The third kappa shape index (κ3) is 4.44. The average molecular weight is 447 g/mol. The van der Waals surface area contributed by atoms with Crippen LogP contribution in [0.1, 0.15) is 34.4 Å². The summed E-state index contributed by atoms with van der Waals surface area (Å²) in [5.41, 5.74) is 5.32. The average Bonchev–Trinajstić information content (AvgIpc) is 3.14. The van der Waals surface area contributed by atoms with E-state index in [9.17, 15) is 14.0 Å². The number of nitrogens with zero attached hydrogens (tertiary/aromatic N) is 3. The van der Waals surface area contributed by atoms with E-state index < -0.39 is 0 Å². The van der Waals surface area contributed by atoms with Crippen LogP contribution in [-0.2, 0) is 24.8 Å². The Bertz CT molecular complexity index is 1400. The van der Waals surface area contributed by atoms with Crippen LogP contribution in [0.25, 0.3) is 16.7 Å². The number of hydrogen-bond acceptors (Lipinski definition) is 3. The molecule has 0 aliphatic rings. The minimum Gasteiger partial charge on any atom is -0.352 e. The number of benzene rings is 2.